The van der Waals surface area contributed by atoms with Gasteiger partial charge in [0.15, 0.2) is 0 Å². The van der Waals surface area contributed by atoms with Crippen LogP contribution >= 0.6 is 0 Å². The molecule has 104 valence electrons. The standard InChI is InChI=1S/C13H25N3O2/c1-3-4-11(9-14)13(18)15-12-5-7-16(8-6-12)10(2)17/h11-12H,3-9,14H2,1-2H3,(H,15,18). The summed E-state index contributed by atoms with van der Waals surface area (Å²) in [5.41, 5.74) is 5.61. The molecule has 0 aromatic rings. The molecule has 0 saturated carbocycles. The number of nitrogens with zero attached hydrogens (tertiary/aromatic N) is 1. The summed E-state index contributed by atoms with van der Waals surface area (Å²) in [5, 5.41) is 3.06. The topological polar surface area (TPSA) is 75.4 Å². The van der Waals surface area contributed by atoms with Crippen molar-refractivity contribution in [2.24, 2.45) is 11.7 Å². The molecule has 2 amide bonds. The third-order valence-electron chi connectivity index (χ3n) is 3.58. The van der Waals surface area contributed by atoms with Crippen LogP contribution in [0.3, 0.4) is 0 Å². The molecular formula is C13H25N3O2. The molecule has 3 N–H and O–H groups in total. The minimum Gasteiger partial charge on any atom is -0.353 e. The van der Waals surface area contributed by atoms with Gasteiger partial charge in [0.2, 0.25) is 11.8 Å². The van der Waals surface area contributed by atoms with E-state index in [9.17, 15) is 9.59 Å². The fourth-order valence-electron chi connectivity index (χ4n) is 2.36. The van der Waals surface area contributed by atoms with Crippen LogP contribution in [-0.2, 0) is 9.59 Å². The van der Waals surface area contributed by atoms with Gasteiger partial charge in [-0.05, 0) is 19.3 Å². The number of carbonyl (C=O) groups is 2. The largest absolute Gasteiger partial charge is 0.353 e. The molecule has 1 heterocycles. The van der Waals surface area contributed by atoms with E-state index in [1.165, 1.54) is 0 Å². The highest BCUT2D eigenvalue weighted by Gasteiger charge is 2.24. The van der Waals surface area contributed by atoms with E-state index in [0.717, 1.165) is 38.8 Å². The molecule has 0 bridgehead atoms. The molecule has 5 nitrogen and oxygen atoms in total. The first kappa shape index (κ1) is 15.0. The normalized spacial score (nSPS) is 18.5. The highest BCUT2D eigenvalue weighted by Crippen LogP contribution is 2.12. The summed E-state index contributed by atoms with van der Waals surface area (Å²) >= 11 is 0. The zero-order valence-corrected chi connectivity index (χ0v) is 11.4. The van der Waals surface area contributed by atoms with E-state index < -0.39 is 0 Å². The van der Waals surface area contributed by atoms with Crippen LogP contribution in [0.15, 0.2) is 0 Å². The van der Waals surface area contributed by atoms with E-state index in [4.69, 9.17) is 5.73 Å². The maximum Gasteiger partial charge on any atom is 0.224 e. The summed E-state index contributed by atoms with van der Waals surface area (Å²) in [7, 11) is 0. The van der Waals surface area contributed by atoms with E-state index >= 15 is 0 Å². The van der Waals surface area contributed by atoms with Gasteiger partial charge in [0.25, 0.3) is 0 Å². The molecule has 0 aromatic heterocycles. The van der Waals surface area contributed by atoms with E-state index in [1.54, 1.807) is 6.92 Å². The average Bonchev–Trinajstić information content (AvgIpc) is 2.36. The number of rotatable bonds is 5. The molecule has 1 aliphatic rings. The van der Waals surface area contributed by atoms with Gasteiger partial charge in [-0.2, -0.15) is 0 Å². The Kier molecular flexibility index (Phi) is 6.12. The molecule has 1 rings (SSSR count). The van der Waals surface area contributed by atoms with E-state index in [2.05, 4.69) is 12.2 Å². The molecule has 18 heavy (non-hydrogen) atoms. The van der Waals surface area contributed by atoms with E-state index in [0.29, 0.717) is 6.54 Å². The monoisotopic (exact) mass is 255 g/mol. The van der Waals surface area contributed by atoms with Crippen molar-refractivity contribution < 1.29 is 9.59 Å². The van der Waals surface area contributed by atoms with Crippen molar-refractivity contribution in [3.8, 4) is 0 Å². The second-order valence-electron chi connectivity index (χ2n) is 5.01. The molecule has 0 aliphatic carbocycles. The van der Waals surface area contributed by atoms with Gasteiger partial charge >= 0.3 is 0 Å². The molecule has 0 spiro atoms. The fraction of sp³-hybridized carbons (Fsp3) is 0.846. The van der Waals surface area contributed by atoms with Crippen LogP contribution in [0, 0.1) is 5.92 Å². The molecule has 1 unspecified atom stereocenters. The number of hydrogen-bond acceptors (Lipinski definition) is 3. The van der Waals surface area contributed by atoms with Crippen LogP contribution in [0.1, 0.15) is 39.5 Å². The van der Waals surface area contributed by atoms with Gasteiger partial charge in [0, 0.05) is 32.6 Å². The highest BCUT2D eigenvalue weighted by molar-refractivity contribution is 5.79. The summed E-state index contributed by atoms with van der Waals surface area (Å²) in [6.07, 6.45) is 3.50. The smallest absolute Gasteiger partial charge is 0.224 e. The molecule has 1 aliphatic heterocycles. The molecule has 5 heteroatoms. The van der Waals surface area contributed by atoms with Crippen LogP contribution in [0.5, 0.6) is 0 Å². The second kappa shape index (κ2) is 7.36. The van der Waals surface area contributed by atoms with Crippen molar-refractivity contribution in [1.29, 1.82) is 0 Å². The fourth-order valence-corrected chi connectivity index (χ4v) is 2.36. The molecule has 1 fully saturated rings. The summed E-state index contributed by atoms with van der Waals surface area (Å²) < 4.78 is 0. The van der Waals surface area contributed by atoms with Crippen molar-refractivity contribution in [2.75, 3.05) is 19.6 Å². The Morgan fingerprint density at radius 2 is 2.00 bits per heavy atom. The molecule has 1 atom stereocenters. The Morgan fingerprint density at radius 1 is 1.39 bits per heavy atom. The quantitative estimate of drug-likeness (QED) is 0.750. The first-order chi connectivity index (χ1) is 8.58. The SMILES string of the molecule is CCCC(CN)C(=O)NC1CCN(C(C)=O)CC1. The lowest BCUT2D eigenvalue weighted by Gasteiger charge is -2.32. The minimum absolute atomic E-state index is 0.0687. The lowest BCUT2D eigenvalue weighted by Crippen LogP contribution is -2.48. The van der Waals surface area contributed by atoms with Gasteiger partial charge < -0.3 is 16.0 Å². The van der Waals surface area contributed by atoms with Gasteiger partial charge in [-0.1, -0.05) is 13.3 Å². The zero-order chi connectivity index (χ0) is 13.5. The van der Waals surface area contributed by atoms with Gasteiger partial charge in [0.1, 0.15) is 0 Å². The summed E-state index contributed by atoms with van der Waals surface area (Å²) in [6, 6.07) is 0.194. The Morgan fingerprint density at radius 3 is 2.44 bits per heavy atom. The predicted molar refractivity (Wildman–Crippen MR) is 70.9 cm³/mol. The number of piperidine rings is 1. The van der Waals surface area contributed by atoms with Crippen molar-refractivity contribution in [2.45, 2.75) is 45.6 Å². The first-order valence-corrected chi connectivity index (χ1v) is 6.84. The number of hydrogen-bond donors (Lipinski definition) is 2. The van der Waals surface area contributed by atoms with Gasteiger partial charge in [-0.3, -0.25) is 9.59 Å². The van der Waals surface area contributed by atoms with Crippen molar-refractivity contribution >= 4 is 11.8 Å². The molecule has 1 saturated heterocycles. The minimum atomic E-state index is -0.0687. The maximum absolute atomic E-state index is 12.0. The van der Waals surface area contributed by atoms with Crippen LogP contribution < -0.4 is 11.1 Å². The van der Waals surface area contributed by atoms with Crippen molar-refractivity contribution in [1.82, 2.24) is 10.2 Å². The van der Waals surface area contributed by atoms with Gasteiger partial charge in [-0.15, -0.1) is 0 Å². The number of likely N-dealkylation sites (tertiary alicyclic amines) is 1. The van der Waals surface area contributed by atoms with Gasteiger partial charge in [-0.25, -0.2) is 0 Å². The van der Waals surface area contributed by atoms with Crippen LogP contribution in [0.4, 0.5) is 0 Å². The first-order valence-electron chi connectivity index (χ1n) is 6.84. The molecular weight excluding hydrogens is 230 g/mol. The lowest BCUT2D eigenvalue weighted by atomic mass is 10.00. The number of carbonyl (C=O) groups excluding carboxylic acids is 2. The Labute approximate surface area is 109 Å². The zero-order valence-electron chi connectivity index (χ0n) is 11.4. The van der Waals surface area contributed by atoms with Crippen LogP contribution in [-0.4, -0.2) is 42.4 Å². The average molecular weight is 255 g/mol. The Hall–Kier alpha value is -1.10. The molecule has 0 radical (unpaired) electrons. The second-order valence-corrected chi connectivity index (χ2v) is 5.01. The Balaban J connectivity index is 2.35. The molecule has 0 aromatic carbocycles. The number of nitrogens with one attached hydrogen (secondary N) is 1. The third kappa shape index (κ3) is 4.29. The van der Waals surface area contributed by atoms with E-state index in [-0.39, 0.29) is 23.8 Å². The van der Waals surface area contributed by atoms with Crippen LogP contribution in [0.2, 0.25) is 0 Å². The predicted octanol–water partition coefficient (Wildman–Crippen LogP) is 0.489. The summed E-state index contributed by atoms with van der Waals surface area (Å²) in [6.45, 7) is 5.53. The van der Waals surface area contributed by atoms with Crippen molar-refractivity contribution in [3.63, 3.8) is 0 Å². The summed E-state index contributed by atoms with van der Waals surface area (Å²) in [5.74, 6) is 0.118. The van der Waals surface area contributed by atoms with Crippen molar-refractivity contribution in [3.05, 3.63) is 0 Å². The highest BCUT2D eigenvalue weighted by atomic mass is 16.2. The van der Waals surface area contributed by atoms with E-state index in [1.807, 2.05) is 4.90 Å². The number of nitrogens with two attached hydrogens (primary N) is 1. The van der Waals surface area contributed by atoms with Crippen LogP contribution in [0.25, 0.3) is 0 Å². The Bertz CT molecular complexity index is 286. The third-order valence-corrected chi connectivity index (χ3v) is 3.58. The number of amides is 2. The van der Waals surface area contributed by atoms with Gasteiger partial charge in [0.05, 0.1) is 5.92 Å². The maximum atomic E-state index is 12.0. The lowest BCUT2D eigenvalue weighted by molar-refractivity contribution is -0.130. The summed E-state index contributed by atoms with van der Waals surface area (Å²) in [4.78, 5) is 25.0.